The number of oxazole rings is 2. The average molecular weight is 344 g/mol. The highest BCUT2D eigenvalue weighted by molar-refractivity contribution is 5.74. The lowest BCUT2D eigenvalue weighted by atomic mass is 10.3. The van der Waals surface area contributed by atoms with Crippen molar-refractivity contribution in [2.75, 3.05) is 31.1 Å². The van der Waals surface area contributed by atoms with E-state index >= 15 is 0 Å². The number of halogens is 1. The molecule has 2 aromatic heterocycles. The van der Waals surface area contributed by atoms with Crippen molar-refractivity contribution in [2.24, 2.45) is 0 Å². The molecule has 7 heteroatoms. The Bertz CT molecular complexity index is 869. The van der Waals surface area contributed by atoms with Crippen LogP contribution in [0.3, 0.4) is 0 Å². The van der Waals surface area contributed by atoms with E-state index in [-0.39, 0.29) is 5.82 Å². The van der Waals surface area contributed by atoms with Gasteiger partial charge in [0.1, 0.15) is 17.1 Å². The third kappa shape index (κ3) is 3.37. The zero-order chi connectivity index (χ0) is 17.4. The summed E-state index contributed by atoms with van der Waals surface area (Å²) < 4.78 is 24.7. The van der Waals surface area contributed by atoms with E-state index in [2.05, 4.69) is 19.8 Å². The number of fused-ring (bicyclic) bond motifs is 1. The van der Waals surface area contributed by atoms with Crippen molar-refractivity contribution >= 4 is 17.1 Å². The van der Waals surface area contributed by atoms with E-state index in [0.717, 1.165) is 49.9 Å². The van der Waals surface area contributed by atoms with E-state index in [1.54, 1.807) is 6.07 Å². The van der Waals surface area contributed by atoms with Crippen LogP contribution >= 0.6 is 0 Å². The molecule has 4 rings (SSSR count). The highest BCUT2D eigenvalue weighted by Crippen LogP contribution is 2.24. The number of nitrogens with zero attached hydrogens (tertiary/aromatic N) is 4. The predicted octanol–water partition coefficient (Wildman–Crippen LogP) is 3.28. The number of aryl methyl sites for hydroxylation is 2. The third-order valence-electron chi connectivity index (χ3n) is 4.63. The number of rotatable bonds is 3. The van der Waals surface area contributed by atoms with Gasteiger partial charge in [0, 0.05) is 32.2 Å². The van der Waals surface area contributed by atoms with Gasteiger partial charge in [-0.15, -0.1) is 0 Å². The monoisotopic (exact) mass is 344 g/mol. The van der Waals surface area contributed by atoms with Gasteiger partial charge < -0.3 is 13.7 Å². The molecule has 1 aromatic carbocycles. The standard InChI is InChI=1S/C18H21FN4O2/c1-12-13(2)24-17(20-12)11-22-6-3-7-23(9-8-22)18-21-15-5-4-14(19)10-16(15)25-18/h4-5,10H,3,6-9,11H2,1-2H3. The molecule has 0 aliphatic carbocycles. The van der Waals surface area contributed by atoms with Crippen LogP contribution < -0.4 is 4.90 Å². The number of hydrogen-bond donors (Lipinski definition) is 0. The summed E-state index contributed by atoms with van der Waals surface area (Å²) in [4.78, 5) is 13.4. The smallest absolute Gasteiger partial charge is 0.298 e. The molecule has 132 valence electrons. The molecular formula is C18H21FN4O2. The minimum Gasteiger partial charge on any atom is -0.444 e. The van der Waals surface area contributed by atoms with Gasteiger partial charge in [0.15, 0.2) is 5.58 Å². The molecule has 0 N–H and O–H groups in total. The Kier molecular flexibility index (Phi) is 4.17. The van der Waals surface area contributed by atoms with Gasteiger partial charge in [0.25, 0.3) is 6.01 Å². The molecule has 0 saturated carbocycles. The molecule has 0 atom stereocenters. The average Bonchev–Trinajstić information content (AvgIpc) is 3.03. The lowest BCUT2D eigenvalue weighted by molar-refractivity contribution is 0.253. The molecule has 3 aromatic rings. The molecule has 0 unspecified atom stereocenters. The molecule has 1 aliphatic rings. The summed E-state index contributed by atoms with van der Waals surface area (Å²) >= 11 is 0. The van der Waals surface area contributed by atoms with E-state index < -0.39 is 0 Å². The molecule has 1 saturated heterocycles. The zero-order valence-corrected chi connectivity index (χ0v) is 14.5. The molecule has 1 fully saturated rings. The highest BCUT2D eigenvalue weighted by atomic mass is 19.1. The Morgan fingerprint density at radius 2 is 1.96 bits per heavy atom. The first kappa shape index (κ1) is 16.1. The van der Waals surface area contributed by atoms with Crippen LogP contribution in [0, 0.1) is 19.7 Å². The third-order valence-corrected chi connectivity index (χ3v) is 4.63. The lowest BCUT2D eigenvalue weighted by Gasteiger charge is -2.19. The summed E-state index contributed by atoms with van der Waals surface area (Å²) in [6.45, 7) is 8.10. The van der Waals surface area contributed by atoms with Gasteiger partial charge in [-0.2, -0.15) is 4.98 Å². The number of anilines is 1. The summed E-state index contributed by atoms with van der Waals surface area (Å²) in [6.07, 6.45) is 0.992. The first-order valence-corrected chi connectivity index (χ1v) is 8.55. The fourth-order valence-electron chi connectivity index (χ4n) is 3.14. The molecule has 0 radical (unpaired) electrons. The van der Waals surface area contributed by atoms with E-state index in [1.165, 1.54) is 12.1 Å². The fourth-order valence-corrected chi connectivity index (χ4v) is 3.14. The second kappa shape index (κ2) is 6.48. The maximum atomic E-state index is 13.3. The fraction of sp³-hybridized carbons (Fsp3) is 0.444. The first-order chi connectivity index (χ1) is 12.1. The van der Waals surface area contributed by atoms with E-state index in [1.807, 2.05) is 13.8 Å². The van der Waals surface area contributed by atoms with Crippen LogP contribution in [0.15, 0.2) is 27.0 Å². The molecule has 0 bridgehead atoms. The Morgan fingerprint density at radius 3 is 2.76 bits per heavy atom. The summed E-state index contributed by atoms with van der Waals surface area (Å²) in [6, 6.07) is 4.99. The summed E-state index contributed by atoms with van der Waals surface area (Å²) in [5, 5.41) is 0. The van der Waals surface area contributed by atoms with Crippen LogP contribution in [-0.4, -0.2) is 41.0 Å². The van der Waals surface area contributed by atoms with E-state index in [4.69, 9.17) is 8.83 Å². The topological polar surface area (TPSA) is 58.5 Å². The number of aromatic nitrogens is 2. The largest absolute Gasteiger partial charge is 0.444 e. The highest BCUT2D eigenvalue weighted by Gasteiger charge is 2.20. The number of hydrogen-bond acceptors (Lipinski definition) is 6. The molecule has 0 amide bonds. The van der Waals surface area contributed by atoms with Crippen LogP contribution in [0.25, 0.3) is 11.1 Å². The van der Waals surface area contributed by atoms with Crippen LogP contribution in [0.1, 0.15) is 23.8 Å². The summed E-state index contributed by atoms with van der Waals surface area (Å²) in [5.74, 6) is 1.33. The summed E-state index contributed by atoms with van der Waals surface area (Å²) in [5.41, 5.74) is 2.12. The normalized spacial score (nSPS) is 16.5. The van der Waals surface area contributed by atoms with Crippen molar-refractivity contribution < 1.29 is 13.2 Å². The molecule has 3 heterocycles. The van der Waals surface area contributed by atoms with Crippen molar-refractivity contribution in [3.63, 3.8) is 0 Å². The van der Waals surface area contributed by atoms with Crippen molar-refractivity contribution in [3.8, 4) is 0 Å². The van der Waals surface area contributed by atoms with Crippen LogP contribution in [-0.2, 0) is 6.54 Å². The van der Waals surface area contributed by atoms with Crippen molar-refractivity contribution in [1.29, 1.82) is 0 Å². The zero-order valence-electron chi connectivity index (χ0n) is 14.5. The minimum absolute atomic E-state index is 0.311. The van der Waals surface area contributed by atoms with Gasteiger partial charge in [0.2, 0.25) is 5.89 Å². The summed E-state index contributed by atoms with van der Waals surface area (Å²) in [7, 11) is 0. The van der Waals surface area contributed by atoms with Gasteiger partial charge in [-0.1, -0.05) is 0 Å². The maximum Gasteiger partial charge on any atom is 0.298 e. The number of benzene rings is 1. The van der Waals surface area contributed by atoms with E-state index in [9.17, 15) is 4.39 Å². The Hall–Kier alpha value is -2.41. The molecular weight excluding hydrogens is 323 g/mol. The quantitative estimate of drug-likeness (QED) is 0.727. The Balaban J connectivity index is 1.44. The Morgan fingerprint density at radius 1 is 1.08 bits per heavy atom. The maximum absolute atomic E-state index is 13.3. The lowest BCUT2D eigenvalue weighted by Crippen LogP contribution is -2.30. The minimum atomic E-state index is -0.311. The first-order valence-electron chi connectivity index (χ1n) is 8.55. The van der Waals surface area contributed by atoms with Crippen LogP contribution in [0.2, 0.25) is 0 Å². The molecule has 25 heavy (non-hydrogen) atoms. The molecule has 6 nitrogen and oxygen atoms in total. The van der Waals surface area contributed by atoms with Gasteiger partial charge >= 0.3 is 0 Å². The van der Waals surface area contributed by atoms with Crippen LogP contribution in [0.5, 0.6) is 0 Å². The second-order valence-corrected chi connectivity index (χ2v) is 6.47. The van der Waals surface area contributed by atoms with Gasteiger partial charge in [0.05, 0.1) is 12.2 Å². The van der Waals surface area contributed by atoms with E-state index in [0.29, 0.717) is 23.7 Å². The van der Waals surface area contributed by atoms with Gasteiger partial charge in [-0.3, -0.25) is 4.90 Å². The predicted molar refractivity (Wildman–Crippen MR) is 92.1 cm³/mol. The van der Waals surface area contributed by atoms with Crippen LogP contribution in [0.4, 0.5) is 10.4 Å². The van der Waals surface area contributed by atoms with Gasteiger partial charge in [-0.05, 0) is 32.4 Å². The second-order valence-electron chi connectivity index (χ2n) is 6.47. The SMILES string of the molecule is Cc1nc(CN2CCCN(c3nc4ccc(F)cc4o3)CC2)oc1C. The Labute approximate surface area is 145 Å². The van der Waals surface area contributed by atoms with Gasteiger partial charge in [-0.25, -0.2) is 9.37 Å². The van der Waals surface area contributed by atoms with Crippen molar-refractivity contribution in [2.45, 2.75) is 26.8 Å². The van der Waals surface area contributed by atoms with Crippen molar-refractivity contribution in [1.82, 2.24) is 14.9 Å². The molecule has 1 aliphatic heterocycles. The van der Waals surface area contributed by atoms with Crippen molar-refractivity contribution in [3.05, 3.63) is 41.4 Å². The molecule has 0 spiro atoms.